The summed E-state index contributed by atoms with van der Waals surface area (Å²) >= 11 is 6.13. The van der Waals surface area contributed by atoms with Crippen LogP contribution in [0.5, 0.6) is 5.75 Å². The number of rotatable bonds is 3. The smallest absolute Gasteiger partial charge is 0.345 e. The molecule has 0 N–H and O–H groups in total. The van der Waals surface area contributed by atoms with Crippen molar-refractivity contribution in [2.75, 3.05) is 0 Å². The third-order valence-corrected chi connectivity index (χ3v) is 4.43. The maximum atomic E-state index is 12.3. The van der Waals surface area contributed by atoms with E-state index >= 15 is 0 Å². The van der Waals surface area contributed by atoms with Crippen LogP contribution in [0.4, 0.5) is 0 Å². The number of carbonyl (C=O) groups is 1. The molecule has 0 amide bonds. The number of ether oxygens (including phenoxy) is 1. The molecule has 0 aliphatic rings. The average molecular weight is 356 g/mol. The van der Waals surface area contributed by atoms with Gasteiger partial charge < -0.3 is 4.74 Å². The zero-order valence-corrected chi connectivity index (χ0v) is 15.3. The van der Waals surface area contributed by atoms with Gasteiger partial charge >= 0.3 is 5.97 Å². The van der Waals surface area contributed by atoms with E-state index in [9.17, 15) is 4.79 Å². The zero-order valence-electron chi connectivity index (χ0n) is 14.5. The quantitative estimate of drug-likeness (QED) is 0.517. The second-order valence-corrected chi connectivity index (χ2v) is 6.38. The predicted molar refractivity (Wildman–Crippen MR) is 96.7 cm³/mol. The van der Waals surface area contributed by atoms with E-state index in [1.165, 1.54) is 6.20 Å². The fourth-order valence-corrected chi connectivity index (χ4v) is 2.73. The van der Waals surface area contributed by atoms with E-state index in [0.29, 0.717) is 22.2 Å². The number of benzene rings is 1. The Balaban J connectivity index is 1.80. The summed E-state index contributed by atoms with van der Waals surface area (Å²) < 4.78 is 7.16. The summed E-state index contributed by atoms with van der Waals surface area (Å²) in [6.45, 7) is 7.62. The van der Waals surface area contributed by atoms with Crippen molar-refractivity contribution in [3.63, 3.8) is 0 Å². The van der Waals surface area contributed by atoms with Crippen molar-refractivity contribution in [1.82, 2.24) is 14.8 Å². The van der Waals surface area contributed by atoms with Crippen molar-refractivity contribution in [2.45, 2.75) is 27.7 Å². The van der Waals surface area contributed by atoms with Gasteiger partial charge in [-0.3, -0.25) is 0 Å². The van der Waals surface area contributed by atoms with Gasteiger partial charge in [0, 0.05) is 16.9 Å². The van der Waals surface area contributed by atoms with Crippen LogP contribution >= 0.6 is 11.6 Å². The minimum atomic E-state index is -0.464. The highest BCUT2D eigenvalue weighted by molar-refractivity contribution is 6.32. The molecule has 0 aliphatic heterocycles. The summed E-state index contributed by atoms with van der Waals surface area (Å²) in [7, 11) is 0. The normalized spacial score (nSPS) is 10.8. The summed E-state index contributed by atoms with van der Waals surface area (Å²) in [5, 5.41) is 5.05. The van der Waals surface area contributed by atoms with Crippen molar-refractivity contribution < 1.29 is 9.53 Å². The monoisotopic (exact) mass is 355 g/mol. The maximum absolute atomic E-state index is 12.3. The highest BCUT2D eigenvalue weighted by Crippen LogP contribution is 2.26. The van der Waals surface area contributed by atoms with Gasteiger partial charge in [0.1, 0.15) is 5.75 Å². The van der Waals surface area contributed by atoms with Gasteiger partial charge in [-0.05, 0) is 69.2 Å². The summed E-state index contributed by atoms with van der Waals surface area (Å²) in [4.78, 5) is 16.6. The number of esters is 1. The number of halogens is 1. The number of hydrogen-bond acceptors (Lipinski definition) is 4. The maximum Gasteiger partial charge on any atom is 0.345 e. The Morgan fingerprint density at radius 1 is 1.08 bits per heavy atom. The first-order valence-electron chi connectivity index (χ1n) is 7.84. The van der Waals surface area contributed by atoms with Gasteiger partial charge in [0.25, 0.3) is 0 Å². The molecule has 3 rings (SSSR count). The lowest BCUT2D eigenvalue weighted by molar-refractivity contribution is 0.0734. The first kappa shape index (κ1) is 17.2. The van der Waals surface area contributed by atoms with Gasteiger partial charge in [-0.2, -0.15) is 5.10 Å². The lowest BCUT2D eigenvalue weighted by Gasteiger charge is -2.09. The molecule has 0 atom stereocenters. The lowest BCUT2D eigenvalue weighted by Crippen LogP contribution is -2.10. The number of aryl methyl sites for hydroxylation is 4. The molecule has 0 aliphatic carbocycles. The van der Waals surface area contributed by atoms with Crippen molar-refractivity contribution in [1.29, 1.82) is 0 Å². The number of aromatic nitrogens is 3. The first-order valence-corrected chi connectivity index (χ1v) is 8.21. The molecule has 3 aromatic rings. The number of nitrogens with zero attached hydrogens (tertiary/aromatic N) is 3. The number of hydrogen-bond donors (Lipinski definition) is 0. The zero-order chi connectivity index (χ0) is 18.1. The molecule has 0 radical (unpaired) electrons. The topological polar surface area (TPSA) is 57.0 Å². The van der Waals surface area contributed by atoms with E-state index in [1.807, 2.05) is 33.8 Å². The second-order valence-electron chi connectivity index (χ2n) is 6.00. The number of pyridine rings is 1. The van der Waals surface area contributed by atoms with E-state index < -0.39 is 5.97 Å². The lowest BCUT2D eigenvalue weighted by atomic mass is 10.1. The van der Waals surface area contributed by atoms with Crippen molar-refractivity contribution in [2.24, 2.45) is 0 Å². The van der Waals surface area contributed by atoms with Gasteiger partial charge in [0.15, 0.2) is 5.82 Å². The molecule has 128 valence electrons. The SMILES string of the molecule is Cc1cc(C)n(-c2ccc(C(=O)Oc3cc(C)c(Cl)c(C)c3)cn2)n1. The first-order chi connectivity index (χ1) is 11.8. The Morgan fingerprint density at radius 3 is 2.28 bits per heavy atom. The van der Waals surface area contributed by atoms with E-state index in [2.05, 4.69) is 10.1 Å². The standard InChI is InChI=1S/C19H18ClN3O2/c1-11-7-16(8-12(2)18(11)20)25-19(24)15-5-6-17(21-10-15)23-14(4)9-13(3)22-23/h5-10H,1-4H3. The molecule has 0 spiro atoms. The molecule has 6 heteroatoms. The molecule has 0 saturated heterocycles. The third kappa shape index (κ3) is 3.56. The van der Waals surface area contributed by atoms with Gasteiger partial charge in [-0.15, -0.1) is 0 Å². The molecule has 5 nitrogen and oxygen atoms in total. The van der Waals surface area contributed by atoms with Gasteiger partial charge in [0.05, 0.1) is 11.3 Å². The van der Waals surface area contributed by atoms with Crippen LogP contribution in [-0.2, 0) is 0 Å². The van der Waals surface area contributed by atoms with Gasteiger partial charge in [-0.1, -0.05) is 11.6 Å². The van der Waals surface area contributed by atoms with E-state index in [0.717, 1.165) is 22.5 Å². The Hall–Kier alpha value is -2.66. The summed E-state index contributed by atoms with van der Waals surface area (Å²) in [5.41, 5.74) is 3.99. The summed E-state index contributed by atoms with van der Waals surface area (Å²) in [6.07, 6.45) is 1.49. The molecule has 2 heterocycles. The largest absolute Gasteiger partial charge is 0.423 e. The van der Waals surface area contributed by atoms with E-state index in [4.69, 9.17) is 16.3 Å². The van der Waals surface area contributed by atoms with Crippen LogP contribution in [0.3, 0.4) is 0 Å². The van der Waals surface area contributed by atoms with Crippen LogP contribution in [0.2, 0.25) is 5.02 Å². The molecular formula is C19H18ClN3O2. The molecular weight excluding hydrogens is 338 g/mol. The Labute approximate surface area is 151 Å². The third-order valence-electron chi connectivity index (χ3n) is 3.83. The van der Waals surface area contributed by atoms with Crippen LogP contribution in [-0.4, -0.2) is 20.7 Å². The minimum absolute atomic E-state index is 0.371. The second kappa shape index (κ2) is 6.69. The Morgan fingerprint density at radius 2 is 1.76 bits per heavy atom. The average Bonchev–Trinajstić information content (AvgIpc) is 2.91. The number of carbonyl (C=O) groups excluding carboxylic acids is 1. The van der Waals surface area contributed by atoms with Crippen LogP contribution in [0, 0.1) is 27.7 Å². The Bertz CT molecular complexity index is 923. The molecule has 0 bridgehead atoms. The van der Waals surface area contributed by atoms with Crippen molar-refractivity contribution in [3.8, 4) is 11.6 Å². The van der Waals surface area contributed by atoms with Crippen LogP contribution in [0.15, 0.2) is 36.5 Å². The summed E-state index contributed by atoms with van der Waals surface area (Å²) in [6, 6.07) is 8.87. The molecule has 1 aromatic carbocycles. The van der Waals surface area contributed by atoms with Gasteiger partial charge in [-0.25, -0.2) is 14.5 Å². The van der Waals surface area contributed by atoms with E-state index in [-0.39, 0.29) is 0 Å². The fourth-order valence-electron chi connectivity index (χ4n) is 2.62. The van der Waals surface area contributed by atoms with Crippen LogP contribution in [0.1, 0.15) is 32.9 Å². The van der Waals surface area contributed by atoms with Gasteiger partial charge in [0.2, 0.25) is 0 Å². The molecule has 0 fully saturated rings. The van der Waals surface area contributed by atoms with Crippen LogP contribution < -0.4 is 4.74 Å². The molecule has 0 unspecified atom stereocenters. The predicted octanol–water partition coefficient (Wildman–Crippen LogP) is 4.37. The molecule has 2 aromatic heterocycles. The Kier molecular flexibility index (Phi) is 4.59. The highest BCUT2D eigenvalue weighted by atomic mass is 35.5. The van der Waals surface area contributed by atoms with Crippen molar-refractivity contribution in [3.05, 3.63) is 69.6 Å². The van der Waals surface area contributed by atoms with E-state index in [1.54, 1.807) is 28.9 Å². The van der Waals surface area contributed by atoms with Crippen molar-refractivity contribution >= 4 is 17.6 Å². The molecule has 0 saturated carbocycles. The molecule has 25 heavy (non-hydrogen) atoms. The summed E-state index contributed by atoms with van der Waals surface area (Å²) in [5.74, 6) is 0.654. The fraction of sp³-hybridized carbons (Fsp3) is 0.211. The van der Waals surface area contributed by atoms with Crippen LogP contribution in [0.25, 0.3) is 5.82 Å². The minimum Gasteiger partial charge on any atom is -0.423 e. The highest BCUT2D eigenvalue weighted by Gasteiger charge is 2.12.